The van der Waals surface area contributed by atoms with Crippen LogP contribution in [0.3, 0.4) is 0 Å². The van der Waals surface area contributed by atoms with E-state index in [0.717, 1.165) is 18.6 Å². The molecule has 0 aliphatic heterocycles. The van der Waals surface area contributed by atoms with E-state index in [1.165, 1.54) is 12.5 Å². The van der Waals surface area contributed by atoms with Crippen LogP contribution in [0.2, 0.25) is 0 Å². The third kappa shape index (κ3) is 2.35. The van der Waals surface area contributed by atoms with Crippen molar-refractivity contribution in [3.05, 3.63) is 29.6 Å². The van der Waals surface area contributed by atoms with Gasteiger partial charge in [0.1, 0.15) is 17.7 Å². The van der Waals surface area contributed by atoms with Crippen LogP contribution in [0.4, 0.5) is 4.39 Å². The van der Waals surface area contributed by atoms with Crippen molar-refractivity contribution in [2.75, 3.05) is 7.05 Å². The molecule has 2 unspecified atom stereocenters. The number of rotatable bonds is 3. The Bertz CT molecular complexity index is 367. The van der Waals surface area contributed by atoms with Gasteiger partial charge < -0.3 is 10.1 Å². The lowest BCUT2D eigenvalue weighted by Gasteiger charge is -2.20. The van der Waals surface area contributed by atoms with Gasteiger partial charge in [0.2, 0.25) is 0 Å². The first kappa shape index (κ1) is 11.4. The van der Waals surface area contributed by atoms with Crippen molar-refractivity contribution in [1.29, 1.82) is 0 Å². The van der Waals surface area contributed by atoms with E-state index < -0.39 is 0 Å². The van der Waals surface area contributed by atoms with Crippen molar-refractivity contribution < 1.29 is 9.13 Å². The Morgan fingerprint density at radius 2 is 2.19 bits per heavy atom. The molecule has 0 radical (unpaired) electrons. The molecule has 0 saturated heterocycles. The molecule has 0 aromatic heterocycles. The molecule has 88 valence electrons. The minimum Gasteiger partial charge on any atom is -0.489 e. The SMILES string of the molecule is CNC1CCCC1Oc1ccc(F)c(C)c1. The minimum absolute atomic E-state index is 0.177. The molecule has 16 heavy (non-hydrogen) atoms. The highest BCUT2D eigenvalue weighted by Gasteiger charge is 2.27. The average molecular weight is 223 g/mol. The van der Waals surface area contributed by atoms with Crippen LogP contribution in [-0.2, 0) is 0 Å². The molecule has 1 saturated carbocycles. The summed E-state index contributed by atoms with van der Waals surface area (Å²) in [6, 6.07) is 5.35. The zero-order valence-electron chi connectivity index (χ0n) is 9.79. The Labute approximate surface area is 95.8 Å². The van der Waals surface area contributed by atoms with Crippen LogP contribution in [0.15, 0.2) is 18.2 Å². The summed E-state index contributed by atoms with van der Waals surface area (Å²) in [5, 5.41) is 3.26. The van der Waals surface area contributed by atoms with E-state index >= 15 is 0 Å². The first-order chi connectivity index (χ1) is 7.70. The molecule has 2 nitrogen and oxygen atoms in total. The van der Waals surface area contributed by atoms with Gasteiger partial charge in [-0.15, -0.1) is 0 Å². The van der Waals surface area contributed by atoms with Gasteiger partial charge >= 0.3 is 0 Å². The summed E-state index contributed by atoms with van der Waals surface area (Å²) in [4.78, 5) is 0. The maximum Gasteiger partial charge on any atom is 0.126 e. The predicted molar refractivity (Wildman–Crippen MR) is 62.3 cm³/mol. The number of hydrogen-bond donors (Lipinski definition) is 1. The number of halogens is 1. The van der Waals surface area contributed by atoms with E-state index in [9.17, 15) is 4.39 Å². The lowest BCUT2D eigenvalue weighted by molar-refractivity contribution is 0.178. The fraction of sp³-hybridized carbons (Fsp3) is 0.538. The summed E-state index contributed by atoms with van der Waals surface area (Å²) in [6.45, 7) is 1.76. The Balaban J connectivity index is 2.05. The van der Waals surface area contributed by atoms with Crippen LogP contribution in [-0.4, -0.2) is 19.2 Å². The molecule has 0 amide bonds. The largest absolute Gasteiger partial charge is 0.489 e. The van der Waals surface area contributed by atoms with Crippen LogP contribution < -0.4 is 10.1 Å². The Morgan fingerprint density at radius 3 is 2.88 bits per heavy atom. The van der Waals surface area contributed by atoms with E-state index in [2.05, 4.69) is 5.32 Å². The number of aryl methyl sites for hydroxylation is 1. The fourth-order valence-corrected chi connectivity index (χ4v) is 2.26. The second-order valence-corrected chi connectivity index (χ2v) is 4.39. The van der Waals surface area contributed by atoms with Crippen LogP contribution >= 0.6 is 0 Å². The van der Waals surface area contributed by atoms with Crippen molar-refractivity contribution in [2.24, 2.45) is 0 Å². The van der Waals surface area contributed by atoms with Crippen molar-refractivity contribution in [3.8, 4) is 5.75 Å². The van der Waals surface area contributed by atoms with Crippen molar-refractivity contribution in [2.45, 2.75) is 38.3 Å². The Kier molecular flexibility index (Phi) is 3.44. The third-order valence-corrected chi connectivity index (χ3v) is 3.24. The highest BCUT2D eigenvalue weighted by atomic mass is 19.1. The molecule has 1 aromatic rings. The monoisotopic (exact) mass is 223 g/mol. The molecule has 2 rings (SSSR count). The second-order valence-electron chi connectivity index (χ2n) is 4.39. The maximum atomic E-state index is 13.1. The van der Waals surface area contributed by atoms with Gasteiger partial charge in [-0.1, -0.05) is 0 Å². The minimum atomic E-state index is -0.177. The molecule has 1 aliphatic rings. The lowest BCUT2D eigenvalue weighted by atomic mass is 10.2. The Morgan fingerprint density at radius 1 is 1.38 bits per heavy atom. The highest BCUT2D eigenvalue weighted by Crippen LogP contribution is 2.25. The summed E-state index contributed by atoms with van der Waals surface area (Å²) in [7, 11) is 1.96. The van der Waals surface area contributed by atoms with Gasteiger partial charge in [-0.25, -0.2) is 4.39 Å². The van der Waals surface area contributed by atoms with E-state index in [1.807, 2.05) is 7.05 Å². The first-order valence-electron chi connectivity index (χ1n) is 5.81. The molecule has 1 aliphatic carbocycles. The molecule has 1 fully saturated rings. The van der Waals surface area contributed by atoms with E-state index in [1.54, 1.807) is 19.1 Å². The molecule has 0 spiro atoms. The van der Waals surface area contributed by atoms with E-state index in [0.29, 0.717) is 11.6 Å². The molecular formula is C13H18FNO. The van der Waals surface area contributed by atoms with Crippen molar-refractivity contribution in [3.63, 3.8) is 0 Å². The number of hydrogen-bond acceptors (Lipinski definition) is 2. The number of likely N-dealkylation sites (N-methyl/N-ethyl adjacent to an activating group) is 1. The van der Waals surface area contributed by atoms with Crippen LogP contribution in [0.5, 0.6) is 5.75 Å². The zero-order chi connectivity index (χ0) is 11.5. The summed E-state index contributed by atoms with van der Waals surface area (Å²) in [6.07, 6.45) is 3.63. The molecule has 2 atom stereocenters. The molecule has 3 heteroatoms. The van der Waals surface area contributed by atoms with Crippen LogP contribution in [0.1, 0.15) is 24.8 Å². The predicted octanol–water partition coefficient (Wildman–Crippen LogP) is 2.65. The fourth-order valence-electron chi connectivity index (χ4n) is 2.26. The number of benzene rings is 1. The Hall–Kier alpha value is -1.09. The zero-order valence-corrected chi connectivity index (χ0v) is 9.79. The number of nitrogens with one attached hydrogen (secondary N) is 1. The van der Waals surface area contributed by atoms with Gasteiger partial charge in [-0.2, -0.15) is 0 Å². The van der Waals surface area contributed by atoms with Crippen LogP contribution in [0.25, 0.3) is 0 Å². The molecular weight excluding hydrogens is 205 g/mol. The normalized spacial score (nSPS) is 24.7. The summed E-state index contributed by atoms with van der Waals surface area (Å²) in [5.41, 5.74) is 0.636. The molecule has 1 N–H and O–H groups in total. The van der Waals surface area contributed by atoms with Gasteiger partial charge in [0, 0.05) is 6.04 Å². The lowest BCUT2D eigenvalue weighted by Crippen LogP contribution is -2.36. The highest BCUT2D eigenvalue weighted by molar-refractivity contribution is 5.29. The number of ether oxygens (including phenoxy) is 1. The standard InChI is InChI=1S/C13H18FNO/c1-9-8-10(6-7-11(9)14)16-13-5-3-4-12(13)15-2/h6-8,12-13,15H,3-5H2,1-2H3. The quantitative estimate of drug-likeness (QED) is 0.850. The van der Waals surface area contributed by atoms with E-state index in [4.69, 9.17) is 4.74 Å². The van der Waals surface area contributed by atoms with Gasteiger partial charge in [0.25, 0.3) is 0 Å². The van der Waals surface area contributed by atoms with Crippen LogP contribution in [0, 0.1) is 12.7 Å². The third-order valence-electron chi connectivity index (χ3n) is 3.24. The molecule has 1 aromatic carbocycles. The van der Waals surface area contributed by atoms with Crippen molar-refractivity contribution >= 4 is 0 Å². The summed E-state index contributed by atoms with van der Waals surface area (Å²) >= 11 is 0. The second kappa shape index (κ2) is 4.83. The van der Waals surface area contributed by atoms with Gasteiger partial charge in [-0.05, 0) is 57.0 Å². The van der Waals surface area contributed by atoms with Crippen molar-refractivity contribution in [1.82, 2.24) is 5.32 Å². The van der Waals surface area contributed by atoms with E-state index in [-0.39, 0.29) is 11.9 Å². The smallest absolute Gasteiger partial charge is 0.126 e. The van der Waals surface area contributed by atoms with Gasteiger partial charge in [0.05, 0.1) is 0 Å². The van der Waals surface area contributed by atoms with Gasteiger partial charge in [0.15, 0.2) is 0 Å². The molecule has 0 heterocycles. The first-order valence-corrected chi connectivity index (χ1v) is 5.81. The topological polar surface area (TPSA) is 21.3 Å². The maximum absolute atomic E-state index is 13.1. The summed E-state index contributed by atoms with van der Waals surface area (Å²) < 4.78 is 19.0. The van der Waals surface area contributed by atoms with Gasteiger partial charge in [-0.3, -0.25) is 0 Å². The summed E-state index contributed by atoms with van der Waals surface area (Å²) in [5.74, 6) is 0.593. The average Bonchev–Trinajstić information content (AvgIpc) is 2.71. The molecule has 0 bridgehead atoms.